The molecule has 98 valence electrons. The Morgan fingerprint density at radius 3 is 2.42 bits per heavy atom. The van der Waals surface area contributed by atoms with E-state index < -0.39 is 0 Å². The van der Waals surface area contributed by atoms with Gasteiger partial charge in [-0.05, 0) is 24.5 Å². The lowest BCUT2D eigenvalue weighted by Crippen LogP contribution is -2.20. The van der Waals surface area contributed by atoms with Crippen LogP contribution in [-0.4, -0.2) is 13.6 Å². The lowest BCUT2D eigenvalue weighted by molar-refractivity contribution is 0.585. The van der Waals surface area contributed by atoms with Crippen molar-refractivity contribution in [3.8, 4) is 6.07 Å². The van der Waals surface area contributed by atoms with Crippen LogP contribution in [0, 0.1) is 17.2 Å². The quantitative estimate of drug-likeness (QED) is 0.815. The number of rotatable bonds is 4. The molecule has 0 N–H and O–H groups in total. The Morgan fingerprint density at radius 1 is 1.11 bits per heavy atom. The SMILES string of the molecule is CC(C)CCN(C)c1ccc(C#N)c2ccccc12. The predicted octanol–water partition coefficient (Wildman–Crippen LogP) is 4.19. The monoisotopic (exact) mass is 252 g/mol. The number of nitriles is 1. The standard InChI is InChI=1S/C17H20N2/c1-13(2)10-11-19(3)17-9-8-14(12-18)15-6-4-5-7-16(15)17/h4-9,13H,10-11H2,1-3H3. The summed E-state index contributed by atoms with van der Waals surface area (Å²) >= 11 is 0. The smallest absolute Gasteiger partial charge is 0.0998 e. The van der Waals surface area contributed by atoms with Gasteiger partial charge in [0, 0.05) is 30.1 Å². The first kappa shape index (κ1) is 13.4. The van der Waals surface area contributed by atoms with Crippen LogP contribution in [0.5, 0.6) is 0 Å². The second kappa shape index (κ2) is 5.75. The molecule has 0 saturated carbocycles. The first-order chi connectivity index (χ1) is 9.13. The lowest BCUT2D eigenvalue weighted by atomic mass is 10.0. The lowest BCUT2D eigenvalue weighted by Gasteiger charge is -2.22. The van der Waals surface area contributed by atoms with Crippen LogP contribution in [0.3, 0.4) is 0 Å². The topological polar surface area (TPSA) is 27.0 Å². The maximum atomic E-state index is 9.18. The Labute approximate surface area is 115 Å². The van der Waals surface area contributed by atoms with Crippen molar-refractivity contribution in [3.05, 3.63) is 42.0 Å². The first-order valence-corrected chi connectivity index (χ1v) is 6.76. The zero-order valence-electron chi connectivity index (χ0n) is 11.9. The summed E-state index contributed by atoms with van der Waals surface area (Å²) in [5, 5.41) is 11.4. The zero-order chi connectivity index (χ0) is 13.8. The van der Waals surface area contributed by atoms with Gasteiger partial charge in [-0.15, -0.1) is 0 Å². The number of hydrogen-bond acceptors (Lipinski definition) is 2. The number of anilines is 1. The molecular weight excluding hydrogens is 232 g/mol. The van der Waals surface area contributed by atoms with Crippen molar-refractivity contribution in [1.29, 1.82) is 5.26 Å². The van der Waals surface area contributed by atoms with Crippen molar-refractivity contribution >= 4 is 16.5 Å². The normalized spacial score (nSPS) is 10.7. The van der Waals surface area contributed by atoms with Crippen LogP contribution in [0.25, 0.3) is 10.8 Å². The summed E-state index contributed by atoms with van der Waals surface area (Å²) in [6.07, 6.45) is 1.17. The maximum Gasteiger partial charge on any atom is 0.0998 e. The van der Waals surface area contributed by atoms with Crippen molar-refractivity contribution in [2.24, 2.45) is 5.92 Å². The van der Waals surface area contributed by atoms with Gasteiger partial charge in [-0.2, -0.15) is 5.26 Å². The minimum absolute atomic E-state index is 0.701. The van der Waals surface area contributed by atoms with E-state index in [0.29, 0.717) is 5.92 Å². The van der Waals surface area contributed by atoms with Crippen molar-refractivity contribution in [2.75, 3.05) is 18.5 Å². The number of hydrogen-bond donors (Lipinski definition) is 0. The molecule has 0 atom stereocenters. The Balaban J connectivity index is 2.42. The summed E-state index contributed by atoms with van der Waals surface area (Å²) < 4.78 is 0. The molecule has 0 fully saturated rings. The third-order valence-electron chi connectivity index (χ3n) is 3.47. The summed E-state index contributed by atoms with van der Waals surface area (Å²) in [6.45, 7) is 5.52. The van der Waals surface area contributed by atoms with Gasteiger partial charge in [-0.1, -0.05) is 38.1 Å². The minimum Gasteiger partial charge on any atom is -0.374 e. The fraction of sp³-hybridized carbons (Fsp3) is 0.353. The fourth-order valence-corrected chi connectivity index (χ4v) is 2.29. The average molecular weight is 252 g/mol. The van der Waals surface area contributed by atoms with E-state index in [1.165, 1.54) is 12.1 Å². The van der Waals surface area contributed by atoms with Crippen molar-refractivity contribution in [1.82, 2.24) is 0 Å². The Morgan fingerprint density at radius 2 is 1.79 bits per heavy atom. The van der Waals surface area contributed by atoms with Crippen LogP contribution < -0.4 is 4.90 Å². The van der Waals surface area contributed by atoms with Gasteiger partial charge < -0.3 is 4.90 Å². The fourth-order valence-electron chi connectivity index (χ4n) is 2.29. The van der Waals surface area contributed by atoms with Crippen LogP contribution in [0.2, 0.25) is 0 Å². The molecule has 2 heteroatoms. The van der Waals surface area contributed by atoms with Gasteiger partial charge in [0.05, 0.1) is 11.6 Å². The molecule has 0 unspecified atom stereocenters. The molecule has 2 nitrogen and oxygen atoms in total. The van der Waals surface area contributed by atoms with Crippen molar-refractivity contribution < 1.29 is 0 Å². The molecule has 19 heavy (non-hydrogen) atoms. The number of nitrogens with zero attached hydrogens (tertiary/aromatic N) is 2. The summed E-state index contributed by atoms with van der Waals surface area (Å²) in [6, 6.07) is 14.4. The molecule has 2 aromatic rings. The first-order valence-electron chi connectivity index (χ1n) is 6.76. The summed E-state index contributed by atoms with van der Waals surface area (Å²) in [5.41, 5.74) is 1.95. The highest BCUT2D eigenvalue weighted by Gasteiger charge is 2.09. The molecule has 0 heterocycles. The third-order valence-corrected chi connectivity index (χ3v) is 3.47. The molecule has 0 aliphatic heterocycles. The molecular formula is C17H20N2. The summed E-state index contributed by atoms with van der Waals surface area (Å²) in [7, 11) is 2.12. The van der Waals surface area contributed by atoms with Gasteiger partial charge in [0.1, 0.15) is 0 Å². The molecule has 0 saturated heterocycles. The number of fused-ring (bicyclic) bond motifs is 1. The molecule has 0 spiro atoms. The Kier molecular flexibility index (Phi) is 4.06. The van der Waals surface area contributed by atoms with Crippen LogP contribution in [0.4, 0.5) is 5.69 Å². The van der Waals surface area contributed by atoms with Crippen molar-refractivity contribution in [3.63, 3.8) is 0 Å². The van der Waals surface area contributed by atoms with E-state index in [-0.39, 0.29) is 0 Å². The van der Waals surface area contributed by atoms with E-state index in [4.69, 9.17) is 0 Å². The van der Waals surface area contributed by atoms with E-state index in [9.17, 15) is 5.26 Å². The van der Waals surface area contributed by atoms with Gasteiger partial charge in [-0.25, -0.2) is 0 Å². The highest BCUT2D eigenvalue weighted by Crippen LogP contribution is 2.28. The molecule has 2 aromatic carbocycles. The van der Waals surface area contributed by atoms with Crippen LogP contribution in [0.1, 0.15) is 25.8 Å². The van der Waals surface area contributed by atoms with E-state index >= 15 is 0 Å². The number of benzene rings is 2. The second-order valence-electron chi connectivity index (χ2n) is 5.39. The molecule has 0 aromatic heterocycles. The molecule has 0 bridgehead atoms. The van der Waals surface area contributed by atoms with Gasteiger partial charge in [-0.3, -0.25) is 0 Å². The second-order valence-corrected chi connectivity index (χ2v) is 5.39. The zero-order valence-corrected chi connectivity index (χ0v) is 11.9. The predicted molar refractivity (Wildman–Crippen MR) is 81.4 cm³/mol. The summed E-state index contributed by atoms with van der Waals surface area (Å²) in [5.74, 6) is 0.701. The molecule has 2 rings (SSSR count). The van der Waals surface area contributed by atoms with E-state index in [1.807, 2.05) is 24.3 Å². The minimum atomic E-state index is 0.701. The Bertz CT molecular complexity index is 608. The third kappa shape index (κ3) is 2.88. The van der Waals surface area contributed by atoms with Crippen LogP contribution >= 0.6 is 0 Å². The van der Waals surface area contributed by atoms with Crippen LogP contribution in [0.15, 0.2) is 36.4 Å². The average Bonchev–Trinajstić information content (AvgIpc) is 2.43. The van der Waals surface area contributed by atoms with E-state index in [0.717, 1.165) is 22.9 Å². The molecule has 0 amide bonds. The van der Waals surface area contributed by atoms with Gasteiger partial charge >= 0.3 is 0 Å². The van der Waals surface area contributed by atoms with E-state index in [1.54, 1.807) is 0 Å². The highest BCUT2D eigenvalue weighted by molar-refractivity contribution is 5.97. The summed E-state index contributed by atoms with van der Waals surface area (Å²) in [4.78, 5) is 2.28. The van der Waals surface area contributed by atoms with Crippen LogP contribution in [-0.2, 0) is 0 Å². The maximum absolute atomic E-state index is 9.18. The van der Waals surface area contributed by atoms with Crippen molar-refractivity contribution in [2.45, 2.75) is 20.3 Å². The molecule has 0 radical (unpaired) electrons. The molecule has 0 aliphatic rings. The largest absolute Gasteiger partial charge is 0.374 e. The highest BCUT2D eigenvalue weighted by atomic mass is 15.1. The molecule has 0 aliphatic carbocycles. The van der Waals surface area contributed by atoms with Gasteiger partial charge in [0.25, 0.3) is 0 Å². The van der Waals surface area contributed by atoms with E-state index in [2.05, 4.69) is 44.0 Å². The van der Waals surface area contributed by atoms with Gasteiger partial charge in [0.15, 0.2) is 0 Å². The van der Waals surface area contributed by atoms with Gasteiger partial charge in [0.2, 0.25) is 0 Å². The Hall–Kier alpha value is -2.01.